The Morgan fingerprint density at radius 2 is 1.75 bits per heavy atom. The lowest BCUT2D eigenvalue weighted by molar-refractivity contribution is 0.432. The SMILES string of the molecule is CSc1cc(I)c(F)c(F)c1F. The first kappa shape index (κ1) is 10.2. The number of hydrogen-bond donors (Lipinski definition) is 0. The molecular weight excluding hydrogens is 300 g/mol. The normalized spacial score (nSPS) is 10.4. The Balaban J connectivity index is 3.39. The van der Waals surface area contributed by atoms with E-state index in [0.717, 1.165) is 11.8 Å². The van der Waals surface area contributed by atoms with Gasteiger partial charge in [-0.15, -0.1) is 11.8 Å². The number of benzene rings is 1. The smallest absolute Gasteiger partial charge is 0.196 e. The molecule has 0 aliphatic heterocycles. The topological polar surface area (TPSA) is 0 Å². The van der Waals surface area contributed by atoms with Crippen LogP contribution < -0.4 is 0 Å². The second-order valence-corrected chi connectivity index (χ2v) is 4.01. The van der Waals surface area contributed by atoms with Gasteiger partial charge in [-0.3, -0.25) is 0 Å². The zero-order valence-corrected chi connectivity index (χ0v) is 8.97. The van der Waals surface area contributed by atoms with Crippen LogP contribution >= 0.6 is 34.4 Å². The summed E-state index contributed by atoms with van der Waals surface area (Å²) in [4.78, 5) is 0.123. The Morgan fingerprint density at radius 3 is 2.25 bits per heavy atom. The zero-order valence-electron chi connectivity index (χ0n) is 6.00. The summed E-state index contributed by atoms with van der Waals surface area (Å²) in [6.07, 6.45) is 1.60. The molecule has 66 valence electrons. The second-order valence-electron chi connectivity index (χ2n) is 2.00. The minimum atomic E-state index is -1.40. The summed E-state index contributed by atoms with van der Waals surface area (Å²) in [5.74, 6) is -3.63. The van der Waals surface area contributed by atoms with E-state index < -0.39 is 17.5 Å². The van der Waals surface area contributed by atoms with Crippen molar-refractivity contribution in [2.45, 2.75) is 4.90 Å². The fourth-order valence-corrected chi connectivity index (χ4v) is 1.96. The van der Waals surface area contributed by atoms with Gasteiger partial charge in [0.2, 0.25) is 0 Å². The fraction of sp³-hybridized carbons (Fsp3) is 0.143. The van der Waals surface area contributed by atoms with Gasteiger partial charge in [-0.2, -0.15) is 0 Å². The Labute approximate surface area is 85.7 Å². The summed E-state index contributed by atoms with van der Waals surface area (Å²) < 4.78 is 38.2. The molecule has 0 N–H and O–H groups in total. The van der Waals surface area contributed by atoms with Crippen LogP contribution in [0.5, 0.6) is 0 Å². The maximum atomic E-state index is 12.8. The number of halogens is 4. The van der Waals surface area contributed by atoms with Gasteiger partial charge in [0.05, 0.1) is 3.57 Å². The lowest BCUT2D eigenvalue weighted by Crippen LogP contribution is -1.96. The summed E-state index contributed by atoms with van der Waals surface area (Å²) in [5.41, 5.74) is 0. The Morgan fingerprint density at radius 1 is 1.17 bits per heavy atom. The molecule has 1 aromatic rings. The molecule has 0 nitrogen and oxygen atoms in total. The molecule has 12 heavy (non-hydrogen) atoms. The predicted octanol–water partition coefficient (Wildman–Crippen LogP) is 3.43. The molecule has 0 unspecified atom stereocenters. The Kier molecular flexibility index (Phi) is 3.28. The van der Waals surface area contributed by atoms with E-state index in [-0.39, 0.29) is 8.47 Å². The molecule has 0 radical (unpaired) electrons. The Bertz CT molecular complexity index is 314. The van der Waals surface area contributed by atoms with Crippen molar-refractivity contribution in [1.29, 1.82) is 0 Å². The van der Waals surface area contributed by atoms with Crippen LogP contribution in [0.4, 0.5) is 13.2 Å². The van der Waals surface area contributed by atoms with Crippen LogP contribution in [0.3, 0.4) is 0 Å². The fourth-order valence-electron chi connectivity index (χ4n) is 0.700. The highest BCUT2D eigenvalue weighted by molar-refractivity contribution is 14.1. The third-order valence-corrected chi connectivity index (χ3v) is 2.81. The number of thioether (sulfide) groups is 1. The highest BCUT2D eigenvalue weighted by Gasteiger charge is 2.16. The van der Waals surface area contributed by atoms with E-state index in [1.807, 2.05) is 0 Å². The number of hydrogen-bond acceptors (Lipinski definition) is 1. The monoisotopic (exact) mass is 304 g/mol. The molecular formula is C7H4F3IS. The van der Waals surface area contributed by atoms with Crippen molar-refractivity contribution < 1.29 is 13.2 Å². The maximum absolute atomic E-state index is 12.8. The van der Waals surface area contributed by atoms with Crippen molar-refractivity contribution in [3.63, 3.8) is 0 Å². The van der Waals surface area contributed by atoms with Crippen molar-refractivity contribution >= 4 is 34.4 Å². The zero-order chi connectivity index (χ0) is 9.30. The molecule has 0 bridgehead atoms. The second kappa shape index (κ2) is 3.87. The molecule has 0 aromatic heterocycles. The average Bonchev–Trinajstić information content (AvgIpc) is 2.08. The van der Waals surface area contributed by atoms with Gasteiger partial charge in [-0.05, 0) is 34.9 Å². The summed E-state index contributed by atoms with van der Waals surface area (Å²) in [6, 6.07) is 1.28. The molecule has 0 heterocycles. The van der Waals surface area contributed by atoms with Crippen LogP contribution in [0, 0.1) is 21.0 Å². The van der Waals surface area contributed by atoms with E-state index in [0.29, 0.717) is 0 Å². The van der Waals surface area contributed by atoms with Gasteiger partial charge < -0.3 is 0 Å². The third kappa shape index (κ3) is 1.71. The van der Waals surface area contributed by atoms with Crippen LogP contribution in [-0.4, -0.2) is 6.26 Å². The molecule has 0 amide bonds. The standard InChI is InChI=1S/C7H4F3IS/c1-12-4-2-3(11)5(8)7(10)6(4)9/h2H,1H3. The molecule has 1 aromatic carbocycles. The molecule has 0 aliphatic rings. The van der Waals surface area contributed by atoms with E-state index in [4.69, 9.17) is 0 Å². The van der Waals surface area contributed by atoms with Gasteiger partial charge in [-0.1, -0.05) is 0 Å². The van der Waals surface area contributed by atoms with Gasteiger partial charge in [-0.25, -0.2) is 13.2 Å². The van der Waals surface area contributed by atoms with Gasteiger partial charge in [0.1, 0.15) is 0 Å². The van der Waals surface area contributed by atoms with Crippen molar-refractivity contribution in [2.24, 2.45) is 0 Å². The lowest BCUT2D eigenvalue weighted by Gasteiger charge is -2.02. The quantitative estimate of drug-likeness (QED) is 0.331. The summed E-state index contributed by atoms with van der Waals surface area (Å²) in [7, 11) is 0. The predicted molar refractivity (Wildman–Crippen MR) is 50.8 cm³/mol. The first-order chi connectivity index (χ1) is 5.57. The van der Waals surface area contributed by atoms with Crippen LogP contribution in [0.2, 0.25) is 0 Å². The maximum Gasteiger partial charge on any atom is 0.196 e. The number of rotatable bonds is 1. The highest BCUT2D eigenvalue weighted by Crippen LogP contribution is 2.26. The van der Waals surface area contributed by atoms with Crippen molar-refractivity contribution in [3.8, 4) is 0 Å². The highest BCUT2D eigenvalue weighted by atomic mass is 127. The third-order valence-electron chi connectivity index (χ3n) is 1.29. The van der Waals surface area contributed by atoms with E-state index in [1.54, 1.807) is 28.8 Å². The van der Waals surface area contributed by atoms with Gasteiger partial charge in [0.25, 0.3) is 0 Å². The molecule has 1 rings (SSSR count). The molecule has 0 saturated heterocycles. The van der Waals surface area contributed by atoms with Crippen LogP contribution in [0.25, 0.3) is 0 Å². The van der Waals surface area contributed by atoms with Gasteiger partial charge >= 0.3 is 0 Å². The molecule has 0 spiro atoms. The van der Waals surface area contributed by atoms with Crippen LogP contribution in [0.15, 0.2) is 11.0 Å². The summed E-state index contributed by atoms with van der Waals surface area (Å²) in [5, 5.41) is 0. The molecule has 5 heteroatoms. The van der Waals surface area contributed by atoms with Crippen molar-refractivity contribution in [1.82, 2.24) is 0 Å². The van der Waals surface area contributed by atoms with E-state index in [2.05, 4.69) is 0 Å². The lowest BCUT2D eigenvalue weighted by atomic mass is 10.3. The molecule has 0 aliphatic carbocycles. The summed E-state index contributed by atoms with van der Waals surface area (Å²) >= 11 is 2.67. The van der Waals surface area contributed by atoms with E-state index >= 15 is 0 Å². The molecule has 0 fully saturated rings. The van der Waals surface area contributed by atoms with Crippen molar-refractivity contribution in [3.05, 3.63) is 27.1 Å². The first-order valence-corrected chi connectivity index (χ1v) is 5.25. The molecule has 0 atom stereocenters. The van der Waals surface area contributed by atoms with Crippen LogP contribution in [0.1, 0.15) is 0 Å². The van der Waals surface area contributed by atoms with E-state index in [9.17, 15) is 13.2 Å². The van der Waals surface area contributed by atoms with Gasteiger partial charge in [0.15, 0.2) is 17.5 Å². The Hall–Kier alpha value is 0.0900. The molecule has 0 saturated carbocycles. The van der Waals surface area contributed by atoms with Crippen LogP contribution in [-0.2, 0) is 0 Å². The first-order valence-electron chi connectivity index (χ1n) is 2.95. The van der Waals surface area contributed by atoms with E-state index in [1.165, 1.54) is 6.07 Å². The van der Waals surface area contributed by atoms with Crippen molar-refractivity contribution in [2.75, 3.05) is 6.26 Å². The summed E-state index contributed by atoms with van der Waals surface area (Å²) in [6.45, 7) is 0. The largest absolute Gasteiger partial charge is 0.202 e. The minimum Gasteiger partial charge on any atom is -0.202 e. The van der Waals surface area contributed by atoms with Gasteiger partial charge in [0, 0.05) is 4.90 Å². The minimum absolute atomic E-state index is 0.0934. The average molecular weight is 304 g/mol.